The molecule has 1 amide bonds. The van der Waals surface area contributed by atoms with Crippen LogP contribution in [0.15, 0.2) is 77.7 Å². The lowest BCUT2D eigenvalue weighted by molar-refractivity contribution is 0.0947. The highest BCUT2D eigenvalue weighted by Gasteiger charge is 2.27. The van der Waals surface area contributed by atoms with Crippen molar-refractivity contribution in [3.63, 3.8) is 0 Å². The minimum absolute atomic E-state index is 0.0801. The lowest BCUT2D eigenvalue weighted by Crippen LogP contribution is -2.30. The third-order valence-corrected chi connectivity index (χ3v) is 9.60. The van der Waals surface area contributed by atoms with Crippen LogP contribution >= 0.6 is 0 Å². The second kappa shape index (κ2) is 13.4. The van der Waals surface area contributed by atoms with E-state index in [4.69, 9.17) is 9.47 Å². The summed E-state index contributed by atoms with van der Waals surface area (Å²) in [4.78, 5) is 12.8. The smallest absolute Gasteiger partial charge is 0.251 e. The van der Waals surface area contributed by atoms with Gasteiger partial charge >= 0.3 is 0 Å². The van der Waals surface area contributed by atoms with Gasteiger partial charge in [0.2, 0.25) is 20.0 Å². The summed E-state index contributed by atoms with van der Waals surface area (Å²) in [6, 6.07) is 19.9. The molecule has 4 rings (SSSR count). The van der Waals surface area contributed by atoms with E-state index in [0.717, 1.165) is 19.1 Å². The van der Waals surface area contributed by atoms with Gasteiger partial charge in [-0.1, -0.05) is 24.3 Å². The Morgan fingerprint density at radius 1 is 0.902 bits per heavy atom. The van der Waals surface area contributed by atoms with Crippen LogP contribution in [0, 0.1) is 0 Å². The number of benzene rings is 3. The minimum atomic E-state index is -3.61. The van der Waals surface area contributed by atoms with Crippen molar-refractivity contribution in [3.8, 4) is 11.5 Å². The zero-order valence-corrected chi connectivity index (χ0v) is 24.8. The minimum Gasteiger partial charge on any atom is -0.492 e. The maximum atomic E-state index is 12.6. The van der Waals surface area contributed by atoms with Gasteiger partial charge in [-0.3, -0.25) is 9.10 Å². The summed E-state index contributed by atoms with van der Waals surface area (Å²) in [5, 5.41) is 2.78. The summed E-state index contributed by atoms with van der Waals surface area (Å²) in [5.74, 6) is 0.681. The monoisotopic (exact) mass is 601 g/mol. The first-order valence-electron chi connectivity index (χ1n) is 13.4. The van der Waals surface area contributed by atoms with Crippen molar-refractivity contribution in [2.24, 2.45) is 0 Å². The van der Waals surface area contributed by atoms with Crippen molar-refractivity contribution in [1.82, 2.24) is 9.62 Å². The summed E-state index contributed by atoms with van der Waals surface area (Å²) >= 11 is 0. The molecule has 0 saturated carbocycles. The Kier molecular flexibility index (Phi) is 9.90. The summed E-state index contributed by atoms with van der Waals surface area (Å²) in [6.07, 6.45) is 2.90. The summed E-state index contributed by atoms with van der Waals surface area (Å²) in [5.41, 5.74) is 1.57. The van der Waals surface area contributed by atoms with Crippen LogP contribution < -0.4 is 19.1 Å². The van der Waals surface area contributed by atoms with E-state index in [1.54, 1.807) is 60.7 Å². The molecule has 12 heteroatoms. The standard InChI is InChI=1S/C29H35N3O7S2/c1-3-38-28-9-5-4-8-27(28)32(40(2,34)35)22-23-10-12-24(13-11-23)29(33)30-18-21-39-25-14-16-26(17-15-25)41(36,37)31-19-6-7-20-31/h4-5,8-17H,3,6-7,18-22H2,1-2H3,(H,30,33). The first-order chi connectivity index (χ1) is 19.6. The van der Waals surface area contributed by atoms with Gasteiger partial charge in [0.25, 0.3) is 5.91 Å². The van der Waals surface area contributed by atoms with Crippen LogP contribution in [-0.2, 0) is 26.6 Å². The van der Waals surface area contributed by atoms with Gasteiger partial charge in [0, 0.05) is 18.7 Å². The van der Waals surface area contributed by atoms with Crippen LogP contribution in [0.3, 0.4) is 0 Å². The topological polar surface area (TPSA) is 122 Å². The van der Waals surface area contributed by atoms with E-state index < -0.39 is 20.0 Å². The molecule has 0 atom stereocenters. The SMILES string of the molecule is CCOc1ccccc1N(Cc1ccc(C(=O)NCCOc2ccc(S(=O)(=O)N3CCCC3)cc2)cc1)S(C)(=O)=O. The molecule has 10 nitrogen and oxygen atoms in total. The summed E-state index contributed by atoms with van der Waals surface area (Å²) in [7, 11) is -7.08. The molecule has 1 N–H and O–H groups in total. The van der Waals surface area contributed by atoms with Gasteiger partial charge in [0.15, 0.2) is 0 Å². The van der Waals surface area contributed by atoms with Crippen LogP contribution in [0.1, 0.15) is 35.7 Å². The molecule has 1 fully saturated rings. The largest absolute Gasteiger partial charge is 0.492 e. The normalized spacial score (nSPS) is 14.0. The van der Waals surface area contributed by atoms with Crippen molar-refractivity contribution in [3.05, 3.63) is 83.9 Å². The molecule has 220 valence electrons. The molecule has 0 spiro atoms. The summed E-state index contributed by atoms with van der Waals surface area (Å²) in [6.45, 7) is 3.85. The van der Waals surface area contributed by atoms with E-state index in [1.807, 2.05) is 6.92 Å². The van der Waals surface area contributed by atoms with Gasteiger partial charge < -0.3 is 14.8 Å². The molecular formula is C29H35N3O7S2. The number of rotatable bonds is 13. The van der Waals surface area contributed by atoms with E-state index in [1.165, 1.54) is 20.7 Å². The molecule has 1 aliphatic rings. The average molecular weight is 602 g/mol. The Morgan fingerprint density at radius 3 is 2.20 bits per heavy atom. The van der Waals surface area contributed by atoms with E-state index in [-0.39, 0.29) is 30.5 Å². The molecule has 0 aliphatic carbocycles. The summed E-state index contributed by atoms with van der Waals surface area (Å²) < 4.78 is 64.5. The van der Waals surface area contributed by atoms with E-state index >= 15 is 0 Å². The molecule has 3 aromatic carbocycles. The molecule has 1 aliphatic heterocycles. The quantitative estimate of drug-likeness (QED) is 0.297. The number of nitrogens with zero attached hydrogens (tertiary/aromatic N) is 2. The predicted molar refractivity (Wildman–Crippen MR) is 157 cm³/mol. The van der Waals surface area contributed by atoms with Gasteiger partial charge in [-0.15, -0.1) is 0 Å². The van der Waals surface area contributed by atoms with E-state index in [9.17, 15) is 21.6 Å². The van der Waals surface area contributed by atoms with Crippen molar-refractivity contribution >= 4 is 31.6 Å². The first kappa shape index (κ1) is 30.4. The molecular weight excluding hydrogens is 566 g/mol. The molecule has 0 aromatic heterocycles. The Hall–Kier alpha value is -3.61. The van der Waals surface area contributed by atoms with E-state index in [2.05, 4.69) is 5.32 Å². The number of anilines is 1. The number of para-hydroxylation sites is 2. The van der Waals surface area contributed by atoms with Crippen LogP contribution in [0.4, 0.5) is 5.69 Å². The maximum Gasteiger partial charge on any atom is 0.251 e. The van der Waals surface area contributed by atoms with Crippen molar-refractivity contribution in [2.45, 2.75) is 31.2 Å². The molecule has 0 bridgehead atoms. The Balaban J connectivity index is 1.29. The number of amides is 1. The van der Waals surface area contributed by atoms with Crippen molar-refractivity contribution in [2.75, 3.05) is 43.4 Å². The Labute approximate surface area is 242 Å². The number of hydrogen-bond donors (Lipinski definition) is 1. The molecule has 1 saturated heterocycles. The fourth-order valence-corrected chi connectivity index (χ4v) is 6.88. The van der Waals surface area contributed by atoms with Crippen LogP contribution in [0.25, 0.3) is 0 Å². The highest BCUT2D eigenvalue weighted by molar-refractivity contribution is 7.92. The molecule has 41 heavy (non-hydrogen) atoms. The molecule has 0 radical (unpaired) electrons. The number of carbonyl (C=O) groups is 1. The number of hydrogen-bond acceptors (Lipinski definition) is 7. The maximum absolute atomic E-state index is 12.6. The fourth-order valence-electron chi connectivity index (χ4n) is 4.47. The van der Waals surface area contributed by atoms with Gasteiger partial charge in [-0.25, -0.2) is 16.8 Å². The number of nitrogens with one attached hydrogen (secondary N) is 1. The second-order valence-corrected chi connectivity index (χ2v) is 13.4. The number of ether oxygens (including phenoxy) is 2. The van der Waals surface area contributed by atoms with Crippen molar-refractivity contribution in [1.29, 1.82) is 0 Å². The number of sulfonamides is 2. The van der Waals surface area contributed by atoms with Gasteiger partial charge in [0.1, 0.15) is 18.1 Å². The average Bonchev–Trinajstić information content (AvgIpc) is 3.51. The third kappa shape index (κ3) is 7.78. The Morgan fingerprint density at radius 2 is 1.56 bits per heavy atom. The fraction of sp³-hybridized carbons (Fsp3) is 0.345. The second-order valence-electron chi connectivity index (χ2n) is 9.55. The Bertz CT molecular complexity index is 1540. The van der Waals surface area contributed by atoms with Gasteiger partial charge in [-0.05, 0) is 73.9 Å². The number of carbonyl (C=O) groups excluding carboxylic acids is 1. The van der Waals surface area contributed by atoms with Crippen LogP contribution in [0.5, 0.6) is 11.5 Å². The predicted octanol–water partition coefficient (Wildman–Crippen LogP) is 3.64. The molecule has 1 heterocycles. The third-order valence-electron chi connectivity index (χ3n) is 6.56. The molecule has 3 aromatic rings. The zero-order valence-electron chi connectivity index (χ0n) is 23.2. The zero-order chi connectivity index (χ0) is 29.5. The van der Waals surface area contributed by atoms with Crippen molar-refractivity contribution < 1.29 is 31.1 Å². The highest BCUT2D eigenvalue weighted by Crippen LogP contribution is 2.31. The first-order valence-corrected chi connectivity index (χ1v) is 16.7. The van der Waals surface area contributed by atoms with Crippen LogP contribution in [0.2, 0.25) is 0 Å². The van der Waals surface area contributed by atoms with Gasteiger partial charge in [-0.2, -0.15) is 4.31 Å². The van der Waals surface area contributed by atoms with E-state index in [0.29, 0.717) is 48.0 Å². The lowest BCUT2D eigenvalue weighted by Gasteiger charge is -2.24. The van der Waals surface area contributed by atoms with Crippen LogP contribution in [-0.4, -0.2) is 66.2 Å². The molecule has 0 unspecified atom stereocenters. The highest BCUT2D eigenvalue weighted by atomic mass is 32.2. The lowest BCUT2D eigenvalue weighted by atomic mass is 10.1. The van der Waals surface area contributed by atoms with Gasteiger partial charge in [0.05, 0.1) is 36.5 Å².